The first-order valence-electron chi connectivity index (χ1n) is 6.59. The summed E-state index contributed by atoms with van der Waals surface area (Å²) >= 11 is 3.41. The molecule has 0 aliphatic rings. The number of amides is 1. The molecule has 6 heteroatoms. The molecule has 0 aromatic carbocycles. The van der Waals surface area contributed by atoms with Crippen molar-refractivity contribution in [3.05, 3.63) is 16.5 Å². The van der Waals surface area contributed by atoms with E-state index in [0.717, 1.165) is 42.1 Å². The number of anilines is 1. The van der Waals surface area contributed by atoms with Crippen LogP contribution in [0.5, 0.6) is 0 Å². The minimum absolute atomic E-state index is 0.0137. The minimum Gasteiger partial charge on any atom is -0.358 e. The topological polar surface area (TPSA) is 58.1 Å². The van der Waals surface area contributed by atoms with E-state index in [1.165, 1.54) is 0 Å². The number of halogens is 1. The number of likely N-dealkylation sites (N-methyl/N-ethyl adjacent to an activating group) is 1. The maximum atomic E-state index is 11.6. The predicted molar refractivity (Wildman–Crippen MR) is 80.3 cm³/mol. The van der Waals surface area contributed by atoms with Gasteiger partial charge in [0.2, 0.25) is 5.91 Å². The first-order chi connectivity index (χ1) is 9.10. The molecule has 106 valence electrons. The third kappa shape index (κ3) is 5.14. The summed E-state index contributed by atoms with van der Waals surface area (Å²) in [6.45, 7) is 5.29. The van der Waals surface area contributed by atoms with E-state index in [1.54, 1.807) is 7.05 Å². The predicted octanol–water partition coefficient (Wildman–Crippen LogP) is 2.15. The van der Waals surface area contributed by atoms with Gasteiger partial charge in [-0.05, 0) is 28.8 Å². The highest BCUT2D eigenvalue weighted by Gasteiger charge is 2.13. The number of aromatic nitrogens is 2. The average Bonchev–Trinajstić information content (AvgIpc) is 2.37. The van der Waals surface area contributed by atoms with Gasteiger partial charge < -0.3 is 10.2 Å². The molecule has 1 aromatic heterocycles. The first kappa shape index (κ1) is 15.9. The lowest BCUT2D eigenvalue weighted by atomic mass is 10.3. The van der Waals surface area contributed by atoms with Gasteiger partial charge in [-0.15, -0.1) is 0 Å². The van der Waals surface area contributed by atoms with Crippen molar-refractivity contribution in [3.63, 3.8) is 0 Å². The highest BCUT2D eigenvalue weighted by molar-refractivity contribution is 9.10. The second kappa shape index (κ2) is 8.09. The van der Waals surface area contributed by atoms with Gasteiger partial charge in [0.1, 0.15) is 16.2 Å². The van der Waals surface area contributed by atoms with Gasteiger partial charge in [0, 0.05) is 26.1 Å². The maximum Gasteiger partial charge on any atom is 0.239 e. The van der Waals surface area contributed by atoms with E-state index in [2.05, 4.69) is 45.1 Å². The molecule has 0 radical (unpaired) electrons. The molecule has 0 atom stereocenters. The highest BCUT2D eigenvalue weighted by atomic mass is 79.9. The Bertz CT molecular complexity index is 425. The molecule has 19 heavy (non-hydrogen) atoms. The minimum atomic E-state index is -0.0137. The van der Waals surface area contributed by atoms with Gasteiger partial charge in [0.05, 0.1) is 6.54 Å². The van der Waals surface area contributed by atoms with Crippen molar-refractivity contribution in [2.24, 2.45) is 0 Å². The van der Waals surface area contributed by atoms with Crippen LogP contribution in [0.3, 0.4) is 0 Å². The highest BCUT2D eigenvalue weighted by Crippen LogP contribution is 2.17. The van der Waals surface area contributed by atoms with Crippen LogP contribution in [0, 0.1) is 0 Å². The number of nitrogens with one attached hydrogen (secondary N) is 1. The Kier molecular flexibility index (Phi) is 6.77. The summed E-state index contributed by atoms with van der Waals surface area (Å²) in [7, 11) is 1.64. The van der Waals surface area contributed by atoms with Gasteiger partial charge in [0.15, 0.2) is 0 Å². The van der Waals surface area contributed by atoms with Crippen molar-refractivity contribution < 1.29 is 4.79 Å². The first-order valence-corrected chi connectivity index (χ1v) is 7.39. The number of rotatable bonds is 7. The molecule has 0 aliphatic carbocycles. The van der Waals surface area contributed by atoms with Crippen LogP contribution < -0.4 is 10.2 Å². The molecule has 1 heterocycles. The molecule has 0 saturated heterocycles. The smallest absolute Gasteiger partial charge is 0.239 e. The molecular weight excluding hydrogens is 308 g/mol. The summed E-state index contributed by atoms with van der Waals surface area (Å²) in [6, 6.07) is 1.86. The fourth-order valence-corrected chi connectivity index (χ4v) is 2.16. The SMILES string of the molecule is CCCc1nc(Br)cc(N(CCC)CC(=O)NC)n1. The lowest BCUT2D eigenvalue weighted by Gasteiger charge is -2.22. The van der Waals surface area contributed by atoms with Crippen LogP contribution in [-0.4, -0.2) is 36.0 Å². The Morgan fingerprint density at radius 2 is 2.11 bits per heavy atom. The lowest BCUT2D eigenvalue weighted by Crippen LogP contribution is -2.36. The standard InChI is InChI=1S/C13H21BrN4O/c1-4-6-11-16-10(14)8-12(17-11)18(7-5-2)9-13(19)15-3/h8H,4-7,9H2,1-3H3,(H,15,19). The van der Waals surface area contributed by atoms with E-state index in [4.69, 9.17) is 0 Å². The second-order valence-electron chi connectivity index (χ2n) is 4.31. The third-order valence-electron chi connectivity index (χ3n) is 2.63. The number of carbonyl (C=O) groups is 1. The zero-order chi connectivity index (χ0) is 14.3. The van der Waals surface area contributed by atoms with E-state index < -0.39 is 0 Å². The zero-order valence-corrected chi connectivity index (χ0v) is 13.3. The summed E-state index contributed by atoms with van der Waals surface area (Å²) in [5.41, 5.74) is 0. The molecule has 0 saturated carbocycles. The van der Waals surface area contributed by atoms with Crippen molar-refractivity contribution in [1.82, 2.24) is 15.3 Å². The van der Waals surface area contributed by atoms with Crippen LogP contribution in [0.4, 0.5) is 5.82 Å². The van der Waals surface area contributed by atoms with Gasteiger partial charge in [-0.1, -0.05) is 13.8 Å². The molecule has 1 rings (SSSR count). The summed E-state index contributed by atoms with van der Waals surface area (Å²) in [5, 5.41) is 2.64. The van der Waals surface area contributed by atoms with Crippen LogP contribution in [0.2, 0.25) is 0 Å². The van der Waals surface area contributed by atoms with Crippen molar-refractivity contribution >= 4 is 27.7 Å². The summed E-state index contributed by atoms with van der Waals surface area (Å²) < 4.78 is 0.763. The van der Waals surface area contributed by atoms with Crippen LogP contribution in [0.1, 0.15) is 32.5 Å². The van der Waals surface area contributed by atoms with Crippen molar-refractivity contribution in [2.75, 3.05) is 25.0 Å². The molecule has 0 bridgehead atoms. The maximum absolute atomic E-state index is 11.6. The van der Waals surface area contributed by atoms with Crippen molar-refractivity contribution in [1.29, 1.82) is 0 Å². The normalized spacial score (nSPS) is 10.3. The molecule has 0 spiro atoms. The Hall–Kier alpha value is -1.17. The number of nitrogens with zero attached hydrogens (tertiary/aromatic N) is 3. The molecular formula is C13H21BrN4O. The Labute approximate surface area is 122 Å². The van der Waals surface area contributed by atoms with E-state index in [-0.39, 0.29) is 5.91 Å². The van der Waals surface area contributed by atoms with E-state index in [1.807, 2.05) is 11.0 Å². The molecule has 1 amide bonds. The van der Waals surface area contributed by atoms with Crippen molar-refractivity contribution in [3.8, 4) is 0 Å². The molecule has 1 N–H and O–H groups in total. The zero-order valence-electron chi connectivity index (χ0n) is 11.7. The number of hydrogen-bond acceptors (Lipinski definition) is 4. The second-order valence-corrected chi connectivity index (χ2v) is 5.12. The van der Waals surface area contributed by atoms with E-state index in [9.17, 15) is 4.79 Å². The molecule has 5 nitrogen and oxygen atoms in total. The Morgan fingerprint density at radius 3 is 2.68 bits per heavy atom. The monoisotopic (exact) mass is 328 g/mol. The Balaban J connectivity index is 2.96. The molecule has 0 fully saturated rings. The fraction of sp³-hybridized carbons (Fsp3) is 0.615. The largest absolute Gasteiger partial charge is 0.358 e. The number of aryl methyl sites for hydroxylation is 1. The summed E-state index contributed by atoms with van der Waals surface area (Å²) in [6.07, 6.45) is 2.80. The van der Waals surface area contributed by atoms with Crippen LogP contribution in [-0.2, 0) is 11.2 Å². The summed E-state index contributed by atoms with van der Waals surface area (Å²) in [4.78, 5) is 22.4. The van der Waals surface area contributed by atoms with Crippen LogP contribution in [0.15, 0.2) is 10.7 Å². The average molecular weight is 329 g/mol. The van der Waals surface area contributed by atoms with Gasteiger partial charge >= 0.3 is 0 Å². The number of hydrogen-bond donors (Lipinski definition) is 1. The van der Waals surface area contributed by atoms with Gasteiger partial charge in [-0.25, -0.2) is 9.97 Å². The fourth-order valence-electron chi connectivity index (χ4n) is 1.75. The quantitative estimate of drug-likeness (QED) is 0.779. The lowest BCUT2D eigenvalue weighted by molar-refractivity contribution is -0.119. The van der Waals surface area contributed by atoms with E-state index >= 15 is 0 Å². The molecule has 0 unspecified atom stereocenters. The van der Waals surface area contributed by atoms with Gasteiger partial charge in [0.25, 0.3) is 0 Å². The number of carbonyl (C=O) groups excluding carboxylic acids is 1. The molecule has 1 aromatic rings. The van der Waals surface area contributed by atoms with Crippen LogP contribution in [0.25, 0.3) is 0 Å². The Morgan fingerprint density at radius 1 is 1.37 bits per heavy atom. The van der Waals surface area contributed by atoms with Crippen LogP contribution >= 0.6 is 15.9 Å². The van der Waals surface area contributed by atoms with Gasteiger partial charge in [-0.3, -0.25) is 4.79 Å². The van der Waals surface area contributed by atoms with Crippen molar-refractivity contribution in [2.45, 2.75) is 33.1 Å². The van der Waals surface area contributed by atoms with Gasteiger partial charge in [-0.2, -0.15) is 0 Å². The summed E-state index contributed by atoms with van der Waals surface area (Å²) in [5.74, 6) is 1.60. The molecule has 0 aliphatic heterocycles. The van der Waals surface area contributed by atoms with E-state index in [0.29, 0.717) is 6.54 Å². The third-order valence-corrected chi connectivity index (χ3v) is 3.04.